The number of nitrogens with zero attached hydrogens (tertiary/aromatic N) is 1. The second kappa shape index (κ2) is 8.48. The molecule has 0 bridgehead atoms. The molecule has 0 radical (unpaired) electrons. The lowest BCUT2D eigenvalue weighted by atomic mass is 10.2. The molecule has 3 heterocycles. The number of benzene rings is 1. The van der Waals surface area contributed by atoms with Crippen molar-refractivity contribution in [3.05, 3.63) is 68.7 Å². The molecule has 1 amide bonds. The van der Waals surface area contributed by atoms with E-state index in [4.69, 9.17) is 0 Å². The zero-order valence-electron chi connectivity index (χ0n) is 15.3. The molecule has 29 heavy (non-hydrogen) atoms. The van der Waals surface area contributed by atoms with E-state index in [9.17, 15) is 14.0 Å². The maximum absolute atomic E-state index is 13.8. The molecule has 0 atom stereocenters. The summed E-state index contributed by atoms with van der Waals surface area (Å²) in [6.07, 6.45) is 0. The predicted molar refractivity (Wildman–Crippen MR) is 119 cm³/mol. The third kappa shape index (κ3) is 4.42. The lowest BCUT2D eigenvalue weighted by Gasteiger charge is -2.07. The van der Waals surface area contributed by atoms with E-state index in [2.05, 4.69) is 15.3 Å². The molecular formula is C20H16FN3O2S3. The Bertz CT molecular complexity index is 1230. The molecule has 3 aromatic heterocycles. The zero-order chi connectivity index (χ0) is 20.4. The molecule has 0 aliphatic carbocycles. The Balaban J connectivity index is 1.41. The van der Waals surface area contributed by atoms with E-state index in [1.165, 1.54) is 29.2 Å². The van der Waals surface area contributed by atoms with Gasteiger partial charge in [0.2, 0.25) is 5.91 Å². The summed E-state index contributed by atoms with van der Waals surface area (Å²) in [7, 11) is 0. The fourth-order valence-corrected chi connectivity index (χ4v) is 5.29. The Morgan fingerprint density at radius 2 is 2.17 bits per heavy atom. The predicted octanol–water partition coefficient (Wildman–Crippen LogP) is 5.03. The van der Waals surface area contributed by atoms with Crippen LogP contribution in [0.5, 0.6) is 0 Å². The van der Waals surface area contributed by atoms with Crippen molar-refractivity contribution in [3.63, 3.8) is 0 Å². The maximum atomic E-state index is 13.8. The van der Waals surface area contributed by atoms with Gasteiger partial charge in [-0.2, -0.15) is 0 Å². The van der Waals surface area contributed by atoms with Crippen molar-refractivity contribution < 1.29 is 9.18 Å². The van der Waals surface area contributed by atoms with Gasteiger partial charge in [0, 0.05) is 15.8 Å². The Labute approximate surface area is 178 Å². The molecule has 0 saturated heterocycles. The van der Waals surface area contributed by atoms with Gasteiger partial charge in [0.05, 0.1) is 22.6 Å². The van der Waals surface area contributed by atoms with Crippen LogP contribution in [0.1, 0.15) is 11.4 Å². The molecule has 0 aliphatic rings. The lowest BCUT2D eigenvalue weighted by molar-refractivity contribution is -0.113. The summed E-state index contributed by atoms with van der Waals surface area (Å²) in [6, 6.07) is 8.58. The first-order chi connectivity index (χ1) is 14.0. The smallest absolute Gasteiger partial charge is 0.260 e. The number of rotatable bonds is 6. The summed E-state index contributed by atoms with van der Waals surface area (Å²) in [6.45, 7) is 1.78. The van der Waals surface area contributed by atoms with Crippen LogP contribution < -0.4 is 10.9 Å². The molecule has 0 aliphatic heterocycles. The van der Waals surface area contributed by atoms with Crippen LogP contribution in [0.25, 0.3) is 20.7 Å². The molecule has 9 heteroatoms. The minimum Gasteiger partial charge on any atom is -0.323 e. The number of hydrogen-bond acceptors (Lipinski definition) is 6. The van der Waals surface area contributed by atoms with E-state index in [0.717, 1.165) is 16.0 Å². The molecular weight excluding hydrogens is 429 g/mol. The highest BCUT2D eigenvalue weighted by Gasteiger charge is 2.14. The van der Waals surface area contributed by atoms with Gasteiger partial charge in [-0.05, 0) is 36.1 Å². The number of carbonyl (C=O) groups excluding carboxylic acids is 1. The third-order valence-corrected chi connectivity index (χ3v) is 6.87. The van der Waals surface area contributed by atoms with Gasteiger partial charge in [0.15, 0.2) is 0 Å². The third-order valence-electron chi connectivity index (χ3n) is 4.15. The SMILES string of the molecule is Cc1ccc(NC(=O)CSCc2nc3scc(-c4cccs4)c3c(=O)[nH]2)c(F)c1. The quantitative estimate of drug-likeness (QED) is 0.436. The number of amides is 1. The fraction of sp³-hybridized carbons (Fsp3) is 0.150. The lowest BCUT2D eigenvalue weighted by Crippen LogP contribution is -2.16. The van der Waals surface area contributed by atoms with Crippen molar-refractivity contribution in [1.29, 1.82) is 0 Å². The number of anilines is 1. The molecule has 5 nitrogen and oxygen atoms in total. The summed E-state index contributed by atoms with van der Waals surface area (Å²) < 4.78 is 13.8. The number of thiophene rings is 2. The second-order valence-electron chi connectivity index (χ2n) is 6.34. The van der Waals surface area contributed by atoms with E-state index >= 15 is 0 Å². The summed E-state index contributed by atoms with van der Waals surface area (Å²) in [5, 5.41) is 7.07. The monoisotopic (exact) mass is 445 g/mol. The van der Waals surface area contributed by atoms with Gasteiger partial charge in [0.25, 0.3) is 5.56 Å². The molecule has 0 unspecified atom stereocenters. The first-order valence-corrected chi connectivity index (χ1v) is 11.6. The van der Waals surface area contributed by atoms with Crippen molar-refractivity contribution >= 4 is 56.2 Å². The molecule has 0 spiro atoms. The van der Waals surface area contributed by atoms with E-state index in [1.54, 1.807) is 30.4 Å². The average molecular weight is 446 g/mol. The van der Waals surface area contributed by atoms with E-state index < -0.39 is 5.82 Å². The molecule has 148 valence electrons. The highest BCUT2D eigenvalue weighted by molar-refractivity contribution is 7.99. The van der Waals surface area contributed by atoms with Crippen LogP contribution in [-0.2, 0) is 10.5 Å². The van der Waals surface area contributed by atoms with Crippen molar-refractivity contribution in [2.75, 3.05) is 11.1 Å². The van der Waals surface area contributed by atoms with Crippen molar-refractivity contribution in [1.82, 2.24) is 9.97 Å². The normalized spacial score (nSPS) is 11.1. The summed E-state index contributed by atoms with van der Waals surface area (Å²) in [5.41, 5.74) is 1.67. The number of carbonyl (C=O) groups is 1. The Morgan fingerprint density at radius 3 is 2.93 bits per heavy atom. The molecule has 4 rings (SSSR count). The van der Waals surface area contributed by atoms with Crippen molar-refractivity contribution in [3.8, 4) is 10.4 Å². The van der Waals surface area contributed by atoms with Crippen LogP contribution in [0, 0.1) is 12.7 Å². The Hall–Kier alpha value is -2.49. The number of aromatic amines is 1. The average Bonchev–Trinajstić information content (AvgIpc) is 3.33. The van der Waals surface area contributed by atoms with Crippen LogP contribution in [0.3, 0.4) is 0 Å². The van der Waals surface area contributed by atoms with E-state index in [1.807, 2.05) is 22.9 Å². The first-order valence-electron chi connectivity index (χ1n) is 8.69. The highest BCUT2D eigenvalue weighted by Crippen LogP contribution is 2.33. The van der Waals surface area contributed by atoms with Crippen LogP contribution >= 0.6 is 34.4 Å². The molecule has 1 aromatic carbocycles. The number of hydrogen-bond donors (Lipinski definition) is 2. The minimum absolute atomic E-state index is 0.125. The second-order valence-corrected chi connectivity index (χ2v) is 9.14. The van der Waals surface area contributed by atoms with Gasteiger partial charge in [-0.15, -0.1) is 34.4 Å². The summed E-state index contributed by atoms with van der Waals surface area (Å²) >= 11 is 4.31. The van der Waals surface area contributed by atoms with Gasteiger partial charge in [0.1, 0.15) is 16.5 Å². The maximum Gasteiger partial charge on any atom is 0.260 e. The largest absolute Gasteiger partial charge is 0.323 e. The number of fused-ring (bicyclic) bond motifs is 1. The molecule has 0 fully saturated rings. The number of nitrogens with one attached hydrogen (secondary N) is 2. The Kier molecular flexibility index (Phi) is 5.79. The van der Waals surface area contributed by atoms with Gasteiger partial charge in [-0.25, -0.2) is 9.37 Å². The fourth-order valence-electron chi connectivity index (χ4n) is 2.82. The number of aryl methyl sites for hydroxylation is 1. The van der Waals surface area contributed by atoms with E-state index in [-0.39, 0.29) is 22.9 Å². The Morgan fingerprint density at radius 1 is 1.31 bits per heavy atom. The van der Waals surface area contributed by atoms with Gasteiger partial charge >= 0.3 is 0 Å². The number of halogens is 1. The molecule has 0 saturated carbocycles. The molecule has 4 aromatic rings. The number of aromatic nitrogens is 2. The zero-order valence-corrected chi connectivity index (χ0v) is 17.8. The van der Waals surface area contributed by atoms with Gasteiger partial charge < -0.3 is 10.3 Å². The summed E-state index contributed by atoms with van der Waals surface area (Å²) in [5.74, 6) is 0.249. The van der Waals surface area contributed by atoms with Crippen LogP contribution in [-0.4, -0.2) is 21.6 Å². The van der Waals surface area contributed by atoms with Crippen LogP contribution in [0.2, 0.25) is 0 Å². The first kappa shape index (κ1) is 19.8. The highest BCUT2D eigenvalue weighted by atomic mass is 32.2. The number of thioether (sulfide) groups is 1. The van der Waals surface area contributed by atoms with E-state index in [0.29, 0.717) is 21.8 Å². The number of H-pyrrole nitrogens is 1. The topological polar surface area (TPSA) is 74.8 Å². The van der Waals surface area contributed by atoms with Crippen molar-refractivity contribution in [2.45, 2.75) is 12.7 Å². The molecule has 2 N–H and O–H groups in total. The van der Waals surface area contributed by atoms with Gasteiger partial charge in [-0.3, -0.25) is 9.59 Å². The van der Waals surface area contributed by atoms with Crippen LogP contribution in [0.4, 0.5) is 10.1 Å². The van der Waals surface area contributed by atoms with Crippen LogP contribution in [0.15, 0.2) is 45.9 Å². The van der Waals surface area contributed by atoms with Gasteiger partial charge in [-0.1, -0.05) is 12.1 Å². The minimum atomic E-state index is -0.459. The summed E-state index contributed by atoms with van der Waals surface area (Å²) in [4.78, 5) is 33.7. The standard InChI is InChI=1S/C20H16FN3O2S3/c1-11-4-5-14(13(21)7-11)22-17(25)10-27-9-16-23-19(26)18-12(8-29-20(18)24-16)15-3-2-6-28-15/h2-8H,9-10H2,1H3,(H,22,25)(H,23,24,26). The van der Waals surface area contributed by atoms with Crippen molar-refractivity contribution in [2.24, 2.45) is 0 Å².